The molecule has 122 valence electrons. The second kappa shape index (κ2) is 6.37. The standard InChI is InChI=1S/C16H17FN2O3S/c1-10-4-5-12(8-11(10)2)16(20)18-15-9-13(17)6-7-14(15)19-23(3,21)22/h4-9,19H,1-3H3,(H,18,20). The Morgan fingerprint density at radius 3 is 2.30 bits per heavy atom. The van der Waals surface area contributed by atoms with Crippen molar-refractivity contribution in [1.82, 2.24) is 0 Å². The first-order chi connectivity index (χ1) is 10.7. The molecule has 0 saturated carbocycles. The highest BCUT2D eigenvalue weighted by Crippen LogP contribution is 2.24. The number of amides is 1. The van der Waals surface area contributed by atoms with Crippen molar-refractivity contribution in [2.45, 2.75) is 13.8 Å². The van der Waals surface area contributed by atoms with Crippen LogP contribution in [0.5, 0.6) is 0 Å². The minimum Gasteiger partial charge on any atom is -0.320 e. The lowest BCUT2D eigenvalue weighted by Crippen LogP contribution is -2.16. The van der Waals surface area contributed by atoms with E-state index >= 15 is 0 Å². The van der Waals surface area contributed by atoms with Gasteiger partial charge in [-0.2, -0.15) is 0 Å². The van der Waals surface area contributed by atoms with Crippen molar-refractivity contribution in [3.8, 4) is 0 Å². The Bertz CT molecular complexity index is 864. The monoisotopic (exact) mass is 336 g/mol. The molecule has 0 radical (unpaired) electrons. The summed E-state index contributed by atoms with van der Waals surface area (Å²) >= 11 is 0. The van der Waals surface area contributed by atoms with Gasteiger partial charge in [-0.05, 0) is 55.3 Å². The number of carbonyl (C=O) groups is 1. The highest BCUT2D eigenvalue weighted by molar-refractivity contribution is 7.92. The van der Waals surface area contributed by atoms with Gasteiger partial charge in [0.05, 0.1) is 17.6 Å². The zero-order valence-corrected chi connectivity index (χ0v) is 13.8. The summed E-state index contributed by atoms with van der Waals surface area (Å²) in [5.41, 5.74) is 2.56. The number of benzene rings is 2. The minimum atomic E-state index is -3.55. The summed E-state index contributed by atoms with van der Waals surface area (Å²) in [6.45, 7) is 3.81. The molecule has 0 aliphatic rings. The lowest BCUT2D eigenvalue weighted by atomic mass is 10.1. The third kappa shape index (κ3) is 4.53. The quantitative estimate of drug-likeness (QED) is 0.901. The Labute approximate surface area is 134 Å². The second-order valence-electron chi connectivity index (χ2n) is 5.32. The van der Waals surface area contributed by atoms with Gasteiger partial charge < -0.3 is 5.32 Å². The first-order valence-electron chi connectivity index (χ1n) is 6.81. The summed E-state index contributed by atoms with van der Waals surface area (Å²) in [7, 11) is -3.55. The molecule has 1 amide bonds. The maximum Gasteiger partial charge on any atom is 0.255 e. The number of hydrogen-bond donors (Lipinski definition) is 2. The van der Waals surface area contributed by atoms with Crippen LogP contribution in [0.3, 0.4) is 0 Å². The smallest absolute Gasteiger partial charge is 0.255 e. The molecule has 23 heavy (non-hydrogen) atoms. The van der Waals surface area contributed by atoms with E-state index in [0.29, 0.717) is 5.56 Å². The molecule has 2 aromatic rings. The Morgan fingerprint density at radius 1 is 1.00 bits per heavy atom. The first-order valence-corrected chi connectivity index (χ1v) is 8.71. The van der Waals surface area contributed by atoms with E-state index in [1.54, 1.807) is 12.1 Å². The summed E-state index contributed by atoms with van der Waals surface area (Å²) in [5.74, 6) is -1.03. The zero-order chi connectivity index (χ0) is 17.2. The van der Waals surface area contributed by atoms with E-state index in [4.69, 9.17) is 0 Å². The van der Waals surface area contributed by atoms with Crippen LogP contribution in [0.1, 0.15) is 21.5 Å². The van der Waals surface area contributed by atoms with Crippen LogP contribution in [-0.2, 0) is 10.0 Å². The molecular formula is C16H17FN2O3S. The van der Waals surface area contributed by atoms with Gasteiger partial charge in [-0.3, -0.25) is 9.52 Å². The molecule has 0 spiro atoms. The van der Waals surface area contributed by atoms with Crippen LogP contribution in [0.25, 0.3) is 0 Å². The van der Waals surface area contributed by atoms with Crippen molar-refractivity contribution < 1.29 is 17.6 Å². The zero-order valence-electron chi connectivity index (χ0n) is 13.0. The largest absolute Gasteiger partial charge is 0.320 e. The molecule has 7 heteroatoms. The van der Waals surface area contributed by atoms with Crippen LogP contribution >= 0.6 is 0 Å². The van der Waals surface area contributed by atoms with E-state index < -0.39 is 21.7 Å². The van der Waals surface area contributed by atoms with Crippen molar-refractivity contribution in [1.29, 1.82) is 0 Å². The van der Waals surface area contributed by atoms with Gasteiger partial charge in [0.15, 0.2) is 0 Å². The number of sulfonamides is 1. The molecule has 0 atom stereocenters. The number of aryl methyl sites for hydroxylation is 2. The fourth-order valence-electron chi connectivity index (χ4n) is 1.99. The molecule has 0 saturated heterocycles. The Hall–Kier alpha value is -2.41. The summed E-state index contributed by atoms with van der Waals surface area (Å²) in [6.07, 6.45) is 0.977. The minimum absolute atomic E-state index is 0.0543. The van der Waals surface area contributed by atoms with Gasteiger partial charge in [0.2, 0.25) is 10.0 Å². The van der Waals surface area contributed by atoms with E-state index in [9.17, 15) is 17.6 Å². The van der Waals surface area contributed by atoms with Gasteiger partial charge in [0, 0.05) is 5.56 Å². The van der Waals surface area contributed by atoms with Gasteiger partial charge in [-0.1, -0.05) is 6.07 Å². The predicted octanol–water partition coefficient (Wildman–Crippen LogP) is 3.07. The normalized spacial score (nSPS) is 11.1. The SMILES string of the molecule is Cc1ccc(C(=O)Nc2cc(F)ccc2NS(C)(=O)=O)cc1C. The number of anilines is 2. The van der Waals surface area contributed by atoms with E-state index in [2.05, 4.69) is 10.0 Å². The van der Waals surface area contributed by atoms with Crippen molar-refractivity contribution in [3.05, 3.63) is 58.9 Å². The number of rotatable bonds is 4. The first kappa shape index (κ1) is 17.0. The molecule has 0 aromatic heterocycles. The lowest BCUT2D eigenvalue weighted by molar-refractivity contribution is 0.102. The van der Waals surface area contributed by atoms with Gasteiger partial charge >= 0.3 is 0 Å². The number of halogens is 1. The molecule has 0 aliphatic carbocycles. The highest BCUT2D eigenvalue weighted by atomic mass is 32.2. The third-order valence-electron chi connectivity index (χ3n) is 3.29. The van der Waals surface area contributed by atoms with Crippen LogP contribution in [-0.4, -0.2) is 20.6 Å². The molecule has 0 unspecified atom stereocenters. The van der Waals surface area contributed by atoms with Crippen molar-refractivity contribution in [3.63, 3.8) is 0 Å². The molecule has 0 bridgehead atoms. The molecule has 2 rings (SSSR count). The van der Waals surface area contributed by atoms with E-state index in [-0.39, 0.29) is 11.4 Å². The summed E-state index contributed by atoms with van der Waals surface area (Å²) in [4.78, 5) is 12.3. The van der Waals surface area contributed by atoms with Crippen LogP contribution in [0.15, 0.2) is 36.4 Å². The fourth-order valence-corrected chi connectivity index (χ4v) is 2.56. The summed E-state index contributed by atoms with van der Waals surface area (Å²) in [6, 6.07) is 8.61. The molecule has 0 aliphatic heterocycles. The average Bonchev–Trinajstić information content (AvgIpc) is 2.43. The van der Waals surface area contributed by atoms with Gasteiger partial charge in [-0.25, -0.2) is 12.8 Å². The number of hydrogen-bond acceptors (Lipinski definition) is 3. The number of nitrogens with one attached hydrogen (secondary N) is 2. The molecular weight excluding hydrogens is 319 g/mol. The highest BCUT2D eigenvalue weighted by Gasteiger charge is 2.13. The predicted molar refractivity (Wildman–Crippen MR) is 88.7 cm³/mol. The van der Waals surface area contributed by atoms with Crippen LogP contribution in [0.2, 0.25) is 0 Å². The van der Waals surface area contributed by atoms with Crippen molar-refractivity contribution >= 4 is 27.3 Å². The maximum atomic E-state index is 13.4. The van der Waals surface area contributed by atoms with Crippen molar-refractivity contribution in [2.75, 3.05) is 16.3 Å². The van der Waals surface area contributed by atoms with Gasteiger partial charge in [0.25, 0.3) is 5.91 Å². The van der Waals surface area contributed by atoms with Crippen molar-refractivity contribution in [2.24, 2.45) is 0 Å². The fraction of sp³-hybridized carbons (Fsp3) is 0.188. The van der Waals surface area contributed by atoms with Gasteiger partial charge in [0.1, 0.15) is 5.82 Å². The topological polar surface area (TPSA) is 75.3 Å². The molecule has 0 heterocycles. The molecule has 2 aromatic carbocycles. The Morgan fingerprint density at radius 2 is 1.70 bits per heavy atom. The average molecular weight is 336 g/mol. The third-order valence-corrected chi connectivity index (χ3v) is 3.88. The van der Waals surface area contributed by atoms with Crippen LogP contribution in [0, 0.1) is 19.7 Å². The van der Waals surface area contributed by atoms with Gasteiger partial charge in [-0.15, -0.1) is 0 Å². The Kier molecular flexibility index (Phi) is 4.70. The van der Waals surface area contributed by atoms with Crippen LogP contribution in [0.4, 0.5) is 15.8 Å². The van der Waals surface area contributed by atoms with E-state index in [0.717, 1.165) is 29.5 Å². The number of carbonyl (C=O) groups excluding carboxylic acids is 1. The Balaban J connectivity index is 2.33. The second-order valence-corrected chi connectivity index (χ2v) is 7.07. The maximum absolute atomic E-state index is 13.4. The van der Waals surface area contributed by atoms with E-state index in [1.165, 1.54) is 6.07 Å². The summed E-state index contributed by atoms with van der Waals surface area (Å²) < 4.78 is 38.4. The van der Waals surface area contributed by atoms with Crippen LogP contribution < -0.4 is 10.0 Å². The molecule has 5 nitrogen and oxygen atoms in total. The molecule has 2 N–H and O–H groups in total. The van der Waals surface area contributed by atoms with E-state index in [1.807, 2.05) is 19.9 Å². The molecule has 0 fully saturated rings. The summed E-state index contributed by atoms with van der Waals surface area (Å²) in [5, 5.41) is 2.53. The lowest BCUT2D eigenvalue weighted by Gasteiger charge is -2.13.